The summed E-state index contributed by atoms with van der Waals surface area (Å²) >= 11 is 0. The summed E-state index contributed by atoms with van der Waals surface area (Å²) in [5.74, 6) is -0.264. The number of H-pyrrole nitrogens is 1. The fourth-order valence-corrected chi connectivity index (χ4v) is 6.97. The lowest BCUT2D eigenvalue weighted by molar-refractivity contribution is -0.164. The molecule has 2 aromatic heterocycles. The Kier molecular flexibility index (Phi) is 4.22. The van der Waals surface area contributed by atoms with E-state index in [0.717, 1.165) is 37.7 Å². The molecule has 2 atom stereocenters. The molecular formula is C24H29FN4O2. The van der Waals surface area contributed by atoms with E-state index < -0.39 is 11.2 Å². The van der Waals surface area contributed by atoms with Gasteiger partial charge in [-0.3, -0.25) is 4.79 Å². The molecule has 1 N–H and O–H groups in total. The first-order valence-electron chi connectivity index (χ1n) is 11.0. The first-order valence-corrected chi connectivity index (χ1v) is 11.0. The van der Waals surface area contributed by atoms with E-state index in [0.29, 0.717) is 11.0 Å². The maximum Gasteiger partial charge on any atom is 0.223 e. The Morgan fingerprint density at radius 3 is 2.68 bits per heavy atom. The van der Waals surface area contributed by atoms with Gasteiger partial charge < -0.3 is 14.6 Å². The van der Waals surface area contributed by atoms with Crippen LogP contribution in [0.2, 0.25) is 0 Å². The summed E-state index contributed by atoms with van der Waals surface area (Å²) in [7, 11) is 1.42. The van der Waals surface area contributed by atoms with Gasteiger partial charge in [-0.1, -0.05) is 20.8 Å². The Balaban J connectivity index is 1.44. The number of hydrogen-bond acceptors (Lipinski definition) is 4. The number of carbonyl (C=O) groups excluding carboxylic acids is 1. The predicted octanol–water partition coefficient (Wildman–Crippen LogP) is 4.45. The van der Waals surface area contributed by atoms with Crippen molar-refractivity contribution in [2.45, 2.75) is 76.8 Å². The van der Waals surface area contributed by atoms with E-state index in [4.69, 9.17) is 4.74 Å². The number of hydrogen-bond donors (Lipinski definition) is 1. The maximum absolute atomic E-state index is 15.0. The number of fused-ring (bicyclic) bond motifs is 1. The molecule has 2 saturated heterocycles. The summed E-state index contributed by atoms with van der Waals surface area (Å²) in [6, 6.07) is 2.87. The fourth-order valence-electron chi connectivity index (χ4n) is 6.97. The average Bonchev–Trinajstić information content (AvgIpc) is 3.12. The third-order valence-corrected chi connectivity index (χ3v) is 7.93. The largest absolute Gasteiger partial charge is 0.492 e. The van der Waals surface area contributed by atoms with Crippen LogP contribution in [0, 0.1) is 28.0 Å². The summed E-state index contributed by atoms with van der Waals surface area (Å²) in [5.41, 5.74) is 0.485. The van der Waals surface area contributed by atoms with Gasteiger partial charge in [0.15, 0.2) is 11.6 Å². The number of nitrogens with one attached hydrogen (secondary N) is 1. The number of rotatable bonds is 4. The number of aromatic amines is 1. The SMILES string of the molecule is COc1cnc2[nH]cc(C(C)(C)CC(=O)N3C4CC5(C)CC3CC(C#N)(C4)C5)c2c1F. The highest BCUT2D eigenvalue weighted by atomic mass is 19.1. The molecule has 4 fully saturated rings. The quantitative estimate of drug-likeness (QED) is 0.786. The van der Waals surface area contributed by atoms with E-state index in [2.05, 4.69) is 27.9 Å². The van der Waals surface area contributed by atoms with Crippen LogP contribution in [0.1, 0.15) is 64.9 Å². The molecule has 6 nitrogen and oxygen atoms in total. The molecule has 31 heavy (non-hydrogen) atoms. The molecule has 0 aromatic carbocycles. The summed E-state index contributed by atoms with van der Waals surface area (Å²) in [6.07, 6.45) is 7.87. The molecule has 1 amide bonds. The number of methoxy groups -OCH3 is 1. The van der Waals surface area contributed by atoms with Gasteiger partial charge in [0.05, 0.1) is 30.2 Å². The van der Waals surface area contributed by atoms with Gasteiger partial charge in [-0.2, -0.15) is 5.26 Å². The second-order valence-electron chi connectivity index (χ2n) is 10.9. The molecule has 2 aliphatic carbocycles. The van der Waals surface area contributed by atoms with Gasteiger partial charge in [0.25, 0.3) is 0 Å². The van der Waals surface area contributed by atoms with Crippen LogP contribution in [0.15, 0.2) is 12.4 Å². The minimum absolute atomic E-state index is 0.0929. The van der Waals surface area contributed by atoms with Crippen molar-refractivity contribution in [2.75, 3.05) is 7.11 Å². The number of carbonyl (C=O) groups is 1. The van der Waals surface area contributed by atoms with Gasteiger partial charge in [0.1, 0.15) is 5.65 Å². The zero-order chi connectivity index (χ0) is 22.2. The highest BCUT2D eigenvalue weighted by Crippen LogP contribution is 2.61. The number of halogens is 1. The topological polar surface area (TPSA) is 82.0 Å². The monoisotopic (exact) mass is 424 g/mol. The summed E-state index contributed by atoms with van der Waals surface area (Å²) in [6.45, 7) is 6.22. The molecule has 2 aromatic rings. The van der Waals surface area contributed by atoms with Crippen LogP contribution in [0.3, 0.4) is 0 Å². The molecule has 6 rings (SSSR count). The molecule has 164 valence electrons. The molecule has 2 aliphatic heterocycles. The van der Waals surface area contributed by atoms with Gasteiger partial charge in [0, 0.05) is 30.1 Å². The Bertz CT molecular complexity index is 1100. The van der Waals surface area contributed by atoms with Crippen LogP contribution in [0.4, 0.5) is 4.39 Å². The number of ether oxygens (including phenoxy) is 1. The van der Waals surface area contributed by atoms with E-state index in [1.165, 1.54) is 13.3 Å². The van der Waals surface area contributed by atoms with Crippen molar-refractivity contribution < 1.29 is 13.9 Å². The molecule has 0 radical (unpaired) electrons. The van der Waals surface area contributed by atoms with Gasteiger partial charge >= 0.3 is 0 Å². The summed E-state index contributed by atoms with van der Waals surface area (Å²) in [5, 5.41) is 10.2. The Morgan fingerprint density at radius 1 is 1.39 bits per heavy atom. The van der Waals surface area contributed by atoms with E-state index in [1.54, 1.807) is 6.20 Å². The van der Waals surface area contributed by atoms with Crippen LogP contribution in [-0.2, 0) is 10.2 Å². The van der Waals surface area contributed by atoms with Crippen LogP contribution >= 0.6 is 0 Å². The molecule has 0 spiro atoms. The highest BCUT2D eigenvalue weighted by molar-refractivity contribution is 5.85. The van der Waals surface area contributed by atoms with Crippen molar-refractivity contribution in [3.8, 4) is 11.8 Å². The minimum atomic E-state index is -0.588. The van der Waals surface area contributed by atoms with E-state index in [9.17, 15) is 10.1 Å². The molecule has 4 bridgehead atoms. The summed E-state index contributed by atoms with van der Waals surface area (Å²) in [4.78, 5) is 23.0. The lowest BCUT2D eigenvalue weighted by Gasteiger charge is -2.63. The standard InChI is InChI=1S/C24H29FN4O2/c1-22(2,16-10-27-21-19(16)20(25)17(31-4)11-28-21)9-18(30)29-14-5-23(3)6-15(29)8-24(7-14,12-23)13-26/h10-11,14-15H,5-9,12H2,1-4H3,(H,27,28). The third kappa shape index (κ3) is 2.95. The van der Waals surface area contributed by atoms with Gasteiger partial charge in [-0.05, 0) is 43.1 Å². The van der Waals surface area contributed by atoms with Crippen molar-refractivity contribution in [2.24, 2.45) is 10.8 Å². The number of amides is 1. The van der Waals surface area contributed by atoms with E-state index >= 15 is 4.39 Å². The number of pyridine rings is 1. The summed E-state index contributed by atoms with van der Waals surface area (Å²) < 4.78 is 20.1. The minimum Gasteiger partial charge on any atom is -0.492 e. The zero-order valence-electron chi connectivity index (χ0n) is 18.6. The molecule has 4 aliphatic rings. The number of nitriles is 1. The first-order chi connectivity index (χ1) is 14.6. The van der Waals surface area contributed by atoms with Crippen LogP contribution in [-0.4, -0.2) is 40.0 Å². The van der Waals surface area contributed by atoms with Crippen molar-refractivity contribution in [3.63, 3.8) is 0 Å². The van der Waals surface area contributed by atoms with Crippen molar-refractivity contribution in [3.05, 3.63) is 23.8 Å². The van der Waals surface area contributed by atoms with E-state index in [-0.39, 0.29) is 41.0 Å². The number of nitrogens with zero attached hydrogens (tertiary/aromatic N) is 3. The molecule has 4 heterocycles. The average molecular weight is 425 g/mol. The second-order valence-corrected chi connectivity index (χ2v) is 10.9. The molecular weight excluding hydrogens is 395 g/mol. The highest BCUT2D eigenvalue weighted by Gasteiger charge is 2.60. The Morgan fingerprint density at radius 2 is 2.06 bits per heavy atom. The number of piperidine rings is 2. The zero-order valence-corrected chi connectivity index (χ0v) is 18.6. The van der Waals surface area contributed by atoms with Gasteiger partial charge in [0.2, 0.25) is 5.91 Å². The fraction of sp³-hybridized carbons (Fsp3) is 0.625. The molecule has 7 heteroatoms. The van der Waals surface area contributed by atoms with Gasteiger partial charge in [-0.15, -0.1) is 0 Å². The van der Waals surface area contributed by atoms with E-state index in [1.807, 2.05) is 13.8 Å². The maximum atomic E-state index is 15.0. The Hall–Kier alpha value is -2.62. The Labute approximate surface area is 181 Å². The lowest BCUT2D eigenvalue weighted by Crippen LogP contribution is -2.66. The third-order valence-electron chi connectivity index (χ3n) is 7.93. The van der Waals surface area contributed by atoms with Crippen LogP contribution < -0.4 is 4.74 Å². The first kappa shape index (κ1) is 20.3. The second kappa shape index (κ2) is 6.44. The van der Waals surface area contributed by atoms with Crippen LogP contribution in [0.5, 0.6) is 5.75 Å². The van der Waals surface area contributed by atoms with Crippen LogP contribution in [0.25, 0.3) is 11.0 Å². The van der Waals surface area contributed by atoms with Crippen molar-refractivity contribution in [1.82, 2.24) is 14.9 Å². The number of aromatic nitrogens is 2. The lowest BCUT2D eigenvalue weighted by atomic mass is 9.50. The normalized spacial score (nSPS) is 31.8. The molecule has 2 unspecified atom stereocenters. The van der Waals surface area contributed by atoms with Gasteiger partial charge in [-0.25, -0.2) is 9.37 Å². The molecule has 2 saturated carbocycles. The van der Waals surface area contributed by atoms with Crippen molar-refractivity contribution in [1.29, 1.82) is 5.26 Å². The smallest absolute Gasteiger partial charge is 0.223 e. The van der Waals surface area contributed by atoms with Crippen molar-refractivity contribution >= 4 is 16.9 Å². The predicted molar refractivity (Wildman–Crippen MR) is 114 cm³/mol.